The van der Waals surface area contributed by atoms with Gasteiger partial charge in [-0.15, -0.1) is 22.9 Å². The van der Waals surface area contributed by atoms with Crippen LogP contribution >= 0.6 is 22.9 Å². The van der Waals surface area contributed by atoms with E-state index in [1.165, 1.54) is 24.2 Å². The molecular formula is C13H19ClN2OS. The molecule has 1 aromatic rings. The lowest BCUT2D eigenvalue weighted by Gasteiger charge is -2.26. The molecule has 0 aromatic carbocycles. The third-order valence-corrected chi connectivity index (χ3v) is 5.32. The van der Waals surface area contributed by atoms with Gasteiger partial charge in [0, 0.05) is 17.8 Å². The molecule has 0 spiro atoms. The van der Waals surface area contributed by atoms with Gasteiger partial charge in [-0.05, 0) is 26.7 Å². The van der Waals surface area contributed by atoms with Crippen LogP contribution in [0.25, 0.3) is 0 Å². The normalized spacial score (nSPS) is 17.9. The van der Waals surface area contributed by atoms with Crippen molar-refractivity contribution in [1.82, 2.24) is 10.3 Å². The third kappa shape index (κ3) is 2.86. The monoisotopic (exact) mass is 286 g/mol. The zero-order valence-corrected chi connectivity index (χ0v) is 12.5. The molecule has 1 N–H and O–H groups in total. The highest BCUT2D eigenvalue weighted by Crippen LogP contribution is 2.38. The topological polar surface area (TPSA) is 42.0 Å². The Balaban J connectivity index is 1.98. The molecule has 0 bridgehead atoms. The number of hydrogen-bond donors (Lipinski definition) is 1. The van der Waals surface area contributed by atoms with E-state index in [4.69, 9.17) is 11.6 Å². The second-order valence-corrected chi connectivity index (χ2v) is 6.64. The molecule has 3 nitrogen and oxygen atoms in total. The molecule has 1 heterocycles. The Morgan fingerprint density at radius 3 is 2.61 bits per heavy atom. The predicted molar refractivity (Wildman–Crippen MR) is 75.5 cm³/mol. The molecule has 0 aliphatic heterocycles. The van der Waals surface area contributed by atoms with Crippen LogP contribution in [0.4, 0.5) is 0 Å². The van der Waals surface area contributed by atoms with E-state index in [0.29, 0.717) is 12.4 Å². The van der Waals surface area contributed by atoms with Crippen molar-refractivity contribution in [2.24, 2.45) is 5.41 Å². The van der Waals surface area contributed by atoms with E-state index in [9.17, 15) is 4.79 Å². The number of nitrogens with zero attached hydrogens (tertiary/aromatic N) is 1. The first-order chi connectivity index (χ1) is 8.56. The molecule has 5 heteroatoms. The maximum Gasteiger partial charge on any atom is 0.263 e. The summed E-state index contributed by atoms with van der Waals surface area (Å²) in [4.78, 5) is 17.1. The number of nitrogens with one attached hydrogen (secondary N) is 1. The summed E-state index contributed by atoms with van der Waals surface area (Å²) in [5.41, 5.74) is 0.937. The van der Waals surface area contributed by atoms with Gasteiger partial charge in [0.15, 0.2) is 0 Å². The van der Waals surface area contributed by atoms with Gasteiger partial charge in [0.25, 0.3) is 5.91 Å². The molecule has 2 rings (SSSR count). The molecule has 1 aliphatic carbocycles. The molecule has 0 unspecified atom stereocenters. The zero-order chi connectivity index (χ0) is 13.2. The van der Waals surface area contributed by atoms with Crippen molar-refractivity contribution in [3.63, 3.8) is 0 Å². The number of halogens is 1. The number of carbonyl (C=O) groups is 1. The van der Waals surface area contributed by atoms with Crippen LogP contribution in [-0.4, -0.2) is 23.3 Å². The van der Waals surface area contributed by atoms with Crippen LogP contribution < -0.4 is 5.32 Å². The van der Waals surface area contributed by atoms with Gasteiger partial charge < -0.3 is 5.32 Å². The first-order valence-corrected chi connectivity index (χ1v) is 7.70. The van der Waals surface area contributed by atoms with E-state index in [0.717, 1.165) is 28.4 Å². The van der Waals surface area contributed by atoms with E-state index in [-0.39, 0.29) is 11.3 Å². The van der Waals surface area contributed by atoms with Crippen LogP contribution in [0.15, 0.2) is 0 Å². The minimum atomic E-state index is -0.00510. The smallest absolute Gasteiger partial charge is 0.263 e. The second-order valence-electron chi connectivity index (χ2n) is 5.17. The average Bonchev–Trinajstić information content (AvgIpc) is 2.94. The van der Waals surface area contributed by atoms with Gasteiger partial charge in [0.2, 0.25) is 0 Å². The summed E-state index contributed by atoms with van der Waals surface area (Å²) in [5, 5.41) is 3.97. The van der Waals surface area contributed by atoms with Crippen molar-refractivity contribution in [2.75, 3.05) is 12.4 Å². The average molecular weight is 287 g/mol. The van der Waals surface area contributed by atoms with Crippen LogP contribution in [0, 0.1) is 19.3 Å². The van der Waals surface area contributed by atoms with E-state index in [1.54, 1.807) is 0 Å². The lowest BCUT2D eigenvalue weighted by molar-refractivity contribution is 0.0938. The van der Waals surface area contributed by atoms with Crippen molar-refractivity contribution in [3.05, 3.63) is 15.6 Å². The number of carbonyl (C=O) groups excluding carboxylic acids is 1. The van der Waals surface area contributed by atoms with Gasteiger partial charge in [-0.1, -0.05) is 12.8 Å². The van der Waals surface area contributed by atoms with Gasteiger partial charge in [-0.3, -0.25) is 4.79 Å². The van der Waals surface area contributed by atoms with Crippen molar-refractivity contribution in [3.8, 4) is 0 Å². The highest BCUT2D eigenvalue weighted by molar-refractivity contribution is 7.13. The summed E-state index contributed by atoms with van der Waals surface area (Å²) < 4.78 is 0. The standard InChI is InChI=1S/C13H19ClN2OS/c1-9-11(18-10(2)16-9)12(17)15-8-13(7-14)5-3-4-6-13/h3-8H2,1-2H3,(H,15,17). The van der Waals surface area contributed by atoms with Crippen LogP contribution in [0.3, 0.4) is 0 Å². The molecule has 1 amide bonds. The minimum Gasteiger partial charge on any atom is -0.351 e. The van der Waals surface area contributed by atoms with Crippen molar-refractivity contribution >= 4 is 28.8 Å². The molecule has 1 fully saturated rings. The molecule has 1 aliphatic rings. The molecule has 100 valence electrons. The second kappa shape index (κ2) is 5.57. The van der Waals surface area contributed by atoms with Crippen molar-refractivity contribution in [1.29, 1.82) is 0 Å². The van der Waals surface area contributed by atoms with E-state index < -0.39 is 0 Å². The highest BCUT2D eigenvalue weighted by Gasteiger charge is 2.33. The summed E-state index contributed by atoms with van der Waals surface area (Å²) in [5.74, 6) is 0.628. The quantitative estimate of drug-likeness (QED) is 0.863. The van der Waals surface area contributed by atoms with Crippen LogP contribution in [-0.2, 0) is 0 Å². The summed E-state index contributed by atoms with van der Waals surface area (Å²) in [6.45, 7) is 4.49. The fourth-order valence-corrected chi connectivity index (χ4v) is 3.77. The third-order valence-electron chi connectivity index (χ3n) is 3.68. The first-order valence-electron chi connectivity index (χ1n) is 6.34. The maximum absolute atomic E-state index is 12.1. The Kier molecular flexibility index (Phi) is 4.28. The number of aryl methyl sites for hydroxylation is 2. The lowest BCUT2D eigenvalue weighted by atomic mass is 9.88. The summed E-state index contributed by atoms with van der Waals surface area (Å²) >= 11 is 7.52. The SMILES string of the molecule is Cc1nc(C)c(C(=O)NCC2(CCl)CCCC2)s1. The highest BCUT2D eigenvalue weighted by atomic mass is 35.5. The number of aromatic nitrogens is 1. The Bertz CT molecular complexity index is 438. The van der Waals surface area contributed by atoms with Gasteiger partial charge >= 0.3 is 0 Å². The predicted octanol–water partition coefficient (Wildman–Crippen LogP) is 3.29. The lowest BCUT2D eigenvalue weighted by Crippen LogP contribution is -2.37. The maximum atomic E-state index is 12.1. The molecule has 1 aromatic heterocycles. The Morgan fingerprint density at radius 2 is 2.11 bits per heavy atom. The van der Waals surface area contributed by atoms with Crippen LogP contribution in [0.5, 0.6) is 0 Å². The van der Waals surface area contributed by atoms with Crippen molar-refractivity contribution < 1.29 is 4.79 Å². The van der Waals surface area contributed by atoms with Crippen molar-refractivity contribution in [2.45, 2.75) is 39.5 Å². The van der Waals surface area contributed by atoms with Gasteiger partial charge in [-0.25, -0.2) is 4.98 Å². The Hall–Kier alpha value is -0.610. The zero-order valence-electron chi connectivity index (χ0n) is 10.9. The molecule has 0 saturated heterocycles. The van der Waals surface area contributed by atoms with Gasteiger partial charge in [0.05, 0.1) is 10.7 Å². The largest absolute Gasteiger partial charge is 0.351 e. The molecular weight excluding hydrogens is 268 g/mol. The summed E-state index contributed by atoms with van der Waals surface area (Å²) in [6.07, 6.45) is 4.69. The van der Waals surface area contributed by atoms with E-state index >= 15 is 0 Å². The molecule has 18 heavy (non-hydrogen) atoms. The molecule has 0 radical (unpaired) electrons. The number of thiazole rings is 1. The molecule has 0 atom stereocenters. The fraction of sp³-hybridized carbons (Fsp3) is 0.692. The van der Waals surface area contributed by atoms with E-state index in [1.807, 2.05) is 13.8 Å². The Labute approximate surface area is 117 Å². The van der Waals surface area contributed by atoms with Gasteiger partial charge in [0.1, 0.15) is 4.88 Å². The van der Waals surface area contributed by atoms with Crippen LogP contribution in [0.2, 0.25) is 0 Å². The first kappa shape index (κ1) is 13.8. The minimum absolute atomic E-state index is 0.00510. The number of alkyl halides is 1. The van der Waals surface area contributed by atoms with Gasteiger partial charge in [-0.2, -0.15) is 0 Å². The van der Waals surface area contributed by atoms with Crippen LogP contribution in [0.1, 0.15) is 46.1 Å². The summed E-state index contributed by atoms with van der Waals surface area (Å²) in [6, 6.07) is 0. The Morgan fingerprint density at radius 1 is 1.44 bits per heavy atom. The summed E-state index contributed by atoms with van der Waals surface area (Å²) in [7, 11) is 0. The fourth-order valence-electron chi connectivity index (χ4n) is 2.57. The number of rotatable bonds is 4. The van der Waals surface area contributed by atoms with E-state index in [2.05, 4.69) is 10.3 Å². The number of amides is 1. The number of hydrogen-bond acceptors (Lipinski definition) is 3. The molecule has 1 saturated carbocycles.